The molecule has 2 aromatic rings. The SMILES string of the molecule is CN1CCC[C@]2(CO)CCN(Cc3cc4ccccc4o3)C[C@@H]12. The fourth-order valence-electron chi connectivity index (χ4n) is 4.55. The van der Waals surface area contributed by atoms with Crippen molar-refractivity contribution in [2.75, 3.05) is 33.3 Å². The summed E-state index contributed by atoms with van der Waals surface area (Å²) in [6.45, 7) is 4.39. The molecule has 2 fully saturated rings. The van der Waals surface area contributed by atoms with Crippen molar-refractivity contribution < 1.29 is 9.52 Å². The van der Waals surface area contributed by atoms with Gasteiger partial charge in [0.25, 0.3) is 0 Å². The smallest absolute Gasteiger partial charge is 0.134 e. The predicted octanol–water partition coefficient (Wildman–Crippen LogP) is 2.71. The predicted molar refractivity (Wildman–Crippen MR) is 91.3 cm³/mol. The lowest BCUT2D eigenvalue weighted by atomic mass is 9.69. The fourth-order valence-corrected chi connectivity index (χ4v) is 4.55. The Morgan fingerprint density at radius 3 is 2.96 bits per heavy atom. The first-order chi connectivity index (χ1) is 11.2. The number of hydrogen-bond acceptors (Lipinski definition) is 4. The van der Waals surface area contributed by atoms with E-state index in [0.29, 0.717) is 12.6 Å². The van der Waals surface area contributed by atoms with Crippen LogP contribution in [0.15, 0.2) is 34.7 Å². The minimum atomic E-state index is 0.109. The lowest BCUT2D eigenvalue weighted by Gasteiger charge is -2.53. The molecule has 3 heterocycles. The zero-order valence-electron chi connectivity index (χ0n) is 13.9. The standard InChI is InChI=1S/C19H26N2O2/c1-20-9-4-7-19(14-22)8-10-21(13-18(19)20)12-16-11-15-5-2-3-6-17(15)23-16/h2-3,5-6,11,18,22H,4,7-10,12-14H2,1H3/t18-,19-/m1/s1. The van der Waals surface area contributed by atoms with Gasteiger partial charge in [0.05, 0.1) is 13.2 Å². The molecule has 0 amide bonds. The van der Waals surface area contributed by atoms with Gasteiger partial charge in [0, 0.05) is 23.4 Å². The van der Waals surface area contributed by atoms with Crippen molar-refractivity contribution in [2.45, 2.75) is 31.8 Å². The quantitative estimate of drug-likeness (QED) is 0.945. The molecule has 0 saturated carbocycles. The Morgan fingerprint density at radius 2 is 2.13 bits per heavy atom. The molecule has 2 atom stereocenters. The summed E-state index contributed by atoms with van der Waals surface area (Å²) in [5.74, 6) is 1.04. The van der Waals surface area contributed by atoms with Gasteiger partial charge in [-0.2, -0.15) is 0 Å². The summed E-state index contributed by atoms with van der Waals surface area (Å²) in [4.78, 5) is 4.93. The van der Waals surface area contributed by atoms with E-state index >= 15 is 0 Å². The molecule has 0 bridgehead atoms. The molecule has 2 aliphatic rings. The topological polar surface area (TPSA) is 39.9 Å². The monoisotopic (exact) mass is 314 g/mol. The van der Waals surface area contributed by atoms with Gasteiger partial charge in [0.2, 0.25) is 0 Å². The Kier molecular flexibility index (Phi) is 3.92. The number of rotatable bonds is 3. The Labute approximate surface area is 137 Å². The first-order valence-corrected chi connectivity index (χ1v) is 8.71. The highest BCUT2D eigenvalue weighted by atomic mass is 16.3. The van der Waals surface area contributed by atoms with Crippen molar-refractivity contribution in [3.63, 3.8) is 0 Å². The van der Waals surface area contributed by atoms with E-state index in [2.05, 4.69) is 35.0 Å². The highest BCUT2D eigenvalue weighted by Gasteiger charge is 2.46. The van der Waals surface area contributed by atoms with Crippen LogP contribution >= 0.6 is 0 Å². The Morgan fingerprint density at radius 1 is 1.26 bits per heavy atom. The molecule has 4 heteroatoms. The number of nitrogens with zero attached hydrogens (tertiary/aromatic N) is 2. The minimum absolute atomic E-state index is 0.109. The van der Waals surface area contributed by atoms with Gasteiger partial charge in [-0.05, 0) is 51.5 Å². The van der Waals surface area contributed by atoms with Crippen LogP contribution in [0.3, 0.4) is 0 Å². The maximum Gasteiger partial charge on any atom is 0.134 e. The molecular weight excluding hydrogens is 288 g/mol. The first kappa shape index (κ1) is 15.2. The highest BCUT2D eigenvalue weighted by Crippen LogP contribution is 2.41. The van der Waals surface area contributed by atoms with Gasteiger partial charge >= 0.3 is 0 Å². The van der Waals surface area contributed by atoms with Crippen LogP contribution in [-0.2, 0) is 6.54 Å². The van der Waals surface area contributed by atoms with Crippen LogP contribution < -0.4 is 0 Å². The number of fused-ring (bicyclic) bond motifs is 2. The van der Waals surface area contributed by atoms with E-state index in [1.54, 1.807) is 0 Å². The molecule has 1 aromatic carbocycles. The minimum Gasteiger partial charge on any atom is -0.460 e. The van der Waals surface area contributed by atoms with Crippen LogP contribution in [0.5, 0.6) is 0 Å². The van der Waals surface area contributed by atoms with Crippen LogP contribution in [0, 0.1) is 5.41 Å². The molecule has 4 rings (SSSR count). The van der Waals surface area contributed by atoms with E-state index in [1.165, 1.54) is 11.8 Å². The third-order valence-corrected chi connectivity index (χ3v) is 5.95. The number of benzene rings is 1. The van der Waals surface area contributed by atoms with Crippen molar-refractivity contribution >= 4 is 11.0 Å². The molecule has 23 heavy (non-hydrogen) atoms. The lowest BCUT2D eigenvalue weighted by Crippen LogP contribution is -2.61. The van der Waals surface area contributed by atoms with E-state index in [-0.39, 0.29) is 5.41 Å². The third kappa shape index (κ3) is 2.69. The van der Waals surface area contributed by atoms with Crippen molar-refractivity contribution in [2.24, 2.45) is 5.41 Å². The van der Waals surface area contributed by atoms with Crippen LogP contribution in [0.25, 0.3) is 11.0 Å². The van der Waals surface area contributed by atoms with Gasteiger partial charge in [-0.1, -0.05) is 18.2 Å². The number of furan rings is 1. The van der Waals surface area contributed by atoms with Gasteiger partial charge in [-0.3, -0.25) is 4.90 Å². The normalized spacial score (nSPS) is 29.7. The van der Waals surface area contributed by atoms with Crippen molar-refractivity contribution in [3.05, 3.63) is 36.1 Å². The van der Waals surface area contributed by atoms with Gasteiger partial charge in [0.1, 0.15) is 11.3 Å². The molecule has 1 aromatic heterocycles. The van der Waals surface area contributed by atoms with E-state index < -0.39 is 0 Å². The van der Waals surface area contributed by atoms with Gasteiger partial charge in [0.15, 0.2) is 0 Å². The summed E-state index contributed by atoms with van der Waals surface area (Å²) in [6, 6.07) is 10.8. The maximum absolute atomic E-state index is 10.0. The zero-order valence-corrected chi connectivity index (χ0v) is 13.9. The third-order valence-electron chi connectivity index (χ3n) is 5.95. The molecule has 2 saturated heterocycles. The number of aliphatic hydroxyl groups is 1. The number of likely N-dealkylation sites (tertiary alicyclic amines) is 2. The van der Waals surface area contributed by atoms with Crippen molar-refractivity contribution in [1.29, 1.82) is 0 Å². The maximum atomic E-state index is 10.0. The summed E-state index contributed by atoms with van der Waals surface area (Å²) >= 11 is 0. The second-order valence-corrected chi connectivity index (χ2v) is 7.36. The second kappa shape index (κ2) is 5.93. The number of hydrogen-bond donors (Lipinski definition) is 1. The van der Waals surface area contributed by atoms with E-state index in [9.17, 15) is 5.11 Å². The Balaban J connectivity index is 1.50. The summed E-state index contributed by atoms with van der Waals surface area (Å²) < 4.78 is 5.98. The highest BCUT2D eigenvalue weighted by molar-refractivity contribution is 5.77. The number of likely N-dealkylation sites (N-methyl/N-ethyl adjacent to an activating group) is 1. The van der Waals surface area contributed by atoms with Gasteiger partial charge < -0.3 is 14.4 Å². The summed E-state index contributed by atoms with van der Waals surface area (Å²) in [5.41, 5.74) is 1.08. The number of para-hydroxylation sites is 1. The second-order valence-electron chi connectivity index (χ2n) is 7.36. The summed E-state index contributed by atoms with van der Waals surface area (Å²) in [6.07, 6.45) is 3.45. The molecule has 2 aliphatic heterocycles. The number of aliphatic hydroxyl groups excluding tert-OH is 1. The van der Waals surface area contributed by atoms with Gasteiger partial charge in [-0.15, -0.1) is 0 Å². The van der Waals surface area contributed by atoms with Crippen LogP contribution in [0.2, 0.25) is 0 Å². The van der Waals surface area contributed by atoms with Crippen LogP contribution in [0.1, 0.15) is 25.0 Å². The zero-order chi connectivity index (χ0) is 15.9. The molecule has 0 unspecified atom stereocenters. The average molecular weight is 314 g/mol. The molecule has 4 nitrogen and oxygen atoms in total. The molecule has 0 aliphatic carbocycles. The summed E-state index contributed by atoms with van der Waals surface area (Å²) in [5, 5.41) is 11.2. The van der Waals surface area contributed by atoms with Crippen LogP contribution in [-0.4, -0.2) is 54.2 Å². The largest absolute Gasteiger partial charge is 0.460 e. The first-order valence-electron chi connectivity index (χ1n) is 8.71. The van der Waals surface area contributed by atoms with E-state index in [1.807, 2.05) is 12.1 Å². The van der Waals surface area contributed by atoms with Crippen molar-refractivity contribution in [3.8, 4) is 0 Å². The van der Waals surface area contributed by atoms with Crippen molar-refractivity contribution in [1.82, 2.24) is 9.80 Å². The van der Waals surface area contributed by atoms with E-state index in [4.69, 9.17) is 4.42 Å². The molecule has 1 N–H and O–H groups in total. The fraction of sp³-hybridized carbons (Fsp3) is 0.579. The van der Waals surface area contributed by atoms with E-state index in [0.717, 1.165) is 50.4 Å². The lowest BCUT2D eigenvalue weighted by molar-refractivity contribution is -0.0693. The summed E-state index contributed by atoms with van der Waals surface area (Å²) in [7, 11) is 2.21. The molecular formula is C19H26N2O2. The van der Waals surface area contributed by atoms with Crippen LogP contribution in [0.4, 0.5) is 0 Å². The number of piperidine rings is 2. The Bertz CT molecular complexity index is 650. The molecule has 0 spiro atoms. The van der Waals surface area contributed by atoms with Gasteiger partial charge in [-0.25, -0.2) is 0 Å². The molecule has 0 radical (unpaired) electrons. The average Bonchev–Trinajstić information content (AvgIpc) is 2.98. The molecule has 124 valence electrons. The Hall–Kier alpha value is -1.36.